The molecule has 1 aromatic carbocycles. The summed E-state index contributed by atoms with van der Waals surface area (Å²) in [5.41, 5.74) is 6.42. The van der Waals surface area contributed by atoms with Crippen molar-refractivity contribution in [2.24, 2.45) is 12.8 Å². The number of rotatable bonds is 3. The summed E-state index contributed by atoms with van der Waals surface area (Å²) in [5.74, 6) is -0.433. The average molecular weight is 364 g/mol. The van der Waals surface area contributed by atoms with E-state index in [1.165, 1.54) is 4.57 Å². The van der Waals surface area contributed by atoms with Gasteiger partial charge < -0.3 is 15.6 Å². The Morgan fingerprint density at radius 3 is 2.50 bits per heavy atom. The first-order valence-electron chi connectivity index (χ1n) is 6.75. The Labute approximate surface area is 137 Å². The molecular weight excluding hydrogens is 346 g/mol. The van der Waals surface area contributed by atoms with Gasteiger partial charge in [-0.3, -0.25) is 9.59 Å². The molecule has 0 saturated heterocycles. The summed E-state index contributed by atoms with van der Waals surface area (Å²) in [6.45, 7) is 3.47. The Kier molecular flexibility index (Phi) is 4.53. The number of nitrogens with two attached hydrogens (primary N) is 1. The zero-order chi connectivity index (χ0) is 16.5. The minimum absolute atomic E-state index is 0.223. The summed E-state index contributed by atoms with van der Waals surface area (Å²) >= 11 is 3.34. The quantitative estimate of drug-likeness (QED) is 0.877. The summed E-state index contributed by atoms with van der Waals surface area (Å²) in [7, 11) is 1.64. The molecule has 6 heteroatoms. The van der Waals surface area contributed by atoms with Crippen LogP contribution in [0.25, 0.3) is 0 Å². The van der Waals surface area contributed by atoms with Crippen molar-refractivity contribution in [3.05, 3.63) is 62.5 Å². The molecule has 0 aliphatic carbocycles. The molecule has 0 aliphatic heterocycles. The van der Waals surface area contributed by atoms with Crippen molar-refractivity contribution < 1.29 is 4.79 Å². The number of aryl methyl sites for hydroxylation is 2. The van der Waals surface area contributed by atoms with E-state index in [4.69, 9.17) is 5.73 Å². The van der Waals surface area contributed by atoms with Gasteiger partial charge in [-0.15, -0.1) is 0 Å². The Morgan fingerprint density at radius 2 is 1.91 bits per heavy atom. The molecule has 1 amide bonds. The first-order valence-corrected chi connectivity index (χ1v) is 7.55. The molecule has 0 spiro atoms. The van der Waals surface area contributed by atoms with Crippen LogP contribution in [0.2, 0.25) is 0 Å². The highest BCUT2D eigenvalue weighted by atomic mass is 79.9. The Hall–Kier alpha value is -1.92. The third-order valence-corrected chi connectivity index (χ3v) is 4.01. The number of benzene rings is 1. The van der Waals surface area contributed by atoms with Crippen LogP contribution in [0.15, 0.2) is 45.8 Å². The van der Waals surface area contributed by atoms with Gasteiger partial charge in [0.1, 0.15) is 11.2 Å². The van der Waals surface area contributed by atoms with Crippen LogP contribution in [0.4, 0.5) is 5.69 Å². The molecule has 0 fully saturated rings. The van der Waals surface area contributed by atoms with Gasteiger partial charge in [-0.05, 0) is 43.2 Å². The van der Waals surface area contributed by atoms with Crippen molar-refractivity contribution >= 4 is 27.5 Å². The minimum Gasteiger partial charge on any atom is -0.320 e. The molecule has 0 aliphatic rings. The lowest BCUT2D eigenvalue weighted by atomic mass is 9.92. The number of anilines is 1. The Morgan fingerprint density at radius 1 is 1.32 bits per heavy atom. The second-order valence-corrected chi connectivity index (χ2v) is 6.43. The predicted octanol–water partition coefficient (Wildman–Crippen LogP) is 2.27. The molecular formula is C16H18BrN3O2. The molecule has 0 saturated carbocycles. The maximum Gasteiger partial charge on any atom is 0.274 e. The fourth-order valence-electron chi connectivity index (χ4n) is 2.15. The van der Waals surface area contributed by atoms with Crippen LogP contribution in [0.1, 0.15) is 18.1 Å². The van der Waals surface area contributed by atoms with Crippen LogP contribution in [0, 0.1) is 6.92 Å². The molecule has 3 N–H and O–H groups in total. The SMILES string of the molecule is Cc1cc(NC(=O)C(C)(N)c2ccc(Br)cc2)c(=O)n(C)c1. The largest absolute Gasteiger partial charge is 0.320 e. The van der Waals surface area contributed by atoms with Crippen molar-refractivity contribution in [1.82, 2.24) is 4.57 Å². The fourth-order valence-corrected chi connectivity index (χ4v) is 2.41. The van der Waals surface area contributed by atoms with Gasteiger partial charge in [-0.1, -0.05) is 28.1 Å². The van der Waals surface area contributed by atoms with E-state index >= 15 is 0 Å². The van der Waals surface area contributed by atoms with Gasteiger partial charge in [0.15, 0.2) is 0 Å². The van der Waals surface area contributed by atoms with Gasteiger partial charge in [0.05, 0.1) is 0 Å². The molecule has 5 nitrogen and oxygen atoms in total. The topological polar surface area (TPSA) is 77.1 Å². The zero-order valence-corrected chi connectivity index (χ0v) is 14.3. The second kappa shape index (κ2) is 6.06. The fraction of sp³-hybridized carbons (Fsp3) is 0.250. The summed E-state index contributed by atoms with van der Waals surface area (Å²) in [4.78, 5) is 24.6. The van der Waals surface area contributed by atoms with Crippen LogP contribution in [0.3, 0.4) is 0 Å². The van der Waals surface area contributed by atoms with Crippen molar-refractivity contribution in [3.8, 4) is 0 Å². The van der Waals surface area contributed by atoms with E-state index in [-0.39, 0.29) is 11.2 Å². The molecule has 2 rings (SSSR count). The lowest BCUT2D eigenvalue weighted by Gasteiger charge is -2.24. The van der Waals surface area contributed by atoms with E-state index in [2.05, 4.69) is 21.2 Å². The van der Waals surface area contributed by atoms with Crippen LogP contribution >= 0.6 is 15.9 Å². The minimum atomic E-state index is -1.24. The maximum absolute atomic E-state index is 12.5. The van der Waals surface area contributed by atoms with Crippen molar-refractivity contribution in [3.63, 3.8) is 0 Å². The first-order chi connectivity index (χ1) is 10.2. The average Bonchev–Trinajstić information content (AvgIpc) is 2.44. The predicted molar refractivity (Wildman–Crippen MR) is 90.7 cm³/mol. The number of nitrogens with one attached hydrogen (secondary N) is 1. The number of aromatic nitrogens is 1. The summed E-state index contributed by atoms with van der Waals surface area (Å²) < 4.78 is 2.33. The summed E-state index contributed by atoms with van der Waals surface area (Å²) in [6.07, 6.45) is 1.70. The van der Waals surface area contributed by atoms with Crippen LogP contribution < -0.4 is 16.6 Å². The first kappa shape index (κ1) is 16.5. The summed E-state index contributed by atoms with van der Waals surface area (Å²) in [5, 5.41) is 2.64. The molecule has 116 valence electrons. The van der Waals surface area contributed by atoms with Gasteiger partial charge in [-0.2, -0.15) is 0 Å². The smallest absolute Gasteiger partial charge is 0.274 e. The second-order valence-electron chi connectivity index (χ2n) is 5.51. The van der Waals surface area contributed by atoms with Gasteiger partial charge >= 0.3 is 0 Å². The normalized spacial score (nSPS) is 13.5. The van der Waals surface area contributed by atoms with Crippen LogP contribution in [-0.2, 0) is 17.4 Å². The monoisotopic (exact) mass is 363 g/mol. The zero-order valence-electron chi connectivity index (χ0n) is 12.7. The van der Waals surface area contributed by atoms with Crippen LogP contribution in [0.5, 0.6) is 0 Å². The number of hydrogen-bond acceptors (Lipinski definition) is 3. The number of amides is 1. The van der Waals surface area contributed by atoms with E-state index in [0.717, 1.165) is 10.0 Å². The molecule has 0 bridgehead atoms. The van der Waals surface area contributed by atoms with E-state index < -0.39 is 11.4 Å². The number of carbonyl (C=O) groups excluding carboxylic acids is 1. The highest BCUT2D eigenvalue weighted by Crippen LogP contribution is 2.22. The molecule has 1 heterocycles. The summed E-state index contributed by atoms with van der Waals surface area (Å²) in [6, 6.07) is 8.83. The van der Waals surface area contributed by atoms with E-state index in [1.54, 1.807) is 38.4 Å². The molecule has 1 unspecified atom stereocenters. The third-order valence-electron chi connectivity index (χ3n) is 3.48. The highest BCUT2D eigenvalue weighted by molar-refractivity contribution is 9.10. The van der Waals surface area contributed by atoms with Gasteiger partial charge in [-0.25, -0.2) is 0 Å². The lowest BCUT2D eigenvalue weighted by molar-refractivity contribution is -0.120. The number of nitrogens with zero attached hydrogens (tertiary/aromatic N) is 1. The van der Waals surface area contributed by atoms with Crippen molar-refractivity contribution in [2.75, 3.05) is 5.32 Å². The van der Waals surface area contributed by atoms with E-state index in [0.29, 0.717) is 5.56 Å². The van der Waals surface area contributed by atoms with Gasteiger partial charge in [0.2, 0.25) is 5.91 Å². The van der Waals surface area contributed by atoms with E-state index in [1.807, 2.05) is 19.1 Å². The molecule has 0 radical (unpaired) electrons. The van der Waals surface area contributed by atoms with Crippen molar-refractivity contribution in [2.45, 2.75) is 19.4 Å². The lowest BCUT2D eigenvalue weighted by Crippen LogP contribution is -2.46. The van der Waals surface area contributed by atoms with E-state index in [9.17, 15) is 9.59 Å². The Bertz CT molecular complexity index is 764. The third kappa shape index (κ3) is 3.28. The number of carbonyl (C=O) groups is 1. The van der Waals surface area contributed by atoms with Gasteiger partial charge in [0, 0.05) is 17.7 Å². The van der Waals surface area contributed by atoms with Gasteiger partial charge in [0.25, 0.3) is 5.56 Å². The molecule has 2 aromatic rings. The molecule has 22 heavy (non-hydrogen) atoms. The Balaban J connectivity index is 2.32. The van der Waals surface area contributed by atoms with Crippen LogP contribution in [-0.4, -0.2) is 10.5 Å². The standard InChI is InChI=1S/C16H18BrN3O2/c1-10-8-13(14(21)20(3)9-10)19-15(22)16(2,18)11-4-6-12(17)7-5-11/h4-9H,18H2,1-3H3,(H,19,22). The number of halogens is 1. The number of pyridine rings is 1. The highest BCUT2D eigenvalue weighted by Gasteiger charge is 2.31. The molecule has 1 atom stereocenters. The van der Waals surface area contributed by atoms with Crippen molar-refractivity contribution in [1.29, 1.82) is 0 Å². The number of hydrogen-bond donors (Lipinski definition) is 2. The maximum atomic E-state index is 12.5. The molecule has 1 aromatic heterocycles.